The van der Waals surface area contributed by atoms with Crippen molar-refractivity contribution in [1.29, 1.82) is 0 Å². The van der Waals surface area contributed by atoms with E-state index in [4.69, 9.17) is 4.74 Å². The number of hydrogen-bond donors (Lipinski definition) is 0. The predicted octanol–water partition coefficient (Wildman–Crippen LogP) is 2.31. The molecular formula is C20H22N2O3. The van der Waals surface area contributed by atoms with Crippen LogP contribution in [0.5, 0.6) is 0 Å². The Bertz CT molecular complexity index is 810. The molecule has 1 aliphatic heterocycles. The van der Waals surface area contributed by atoms with Crippen LogP contribution in [0.3, 0.4) is 0 Å². The summed E-state index contributed by atoms with van der Waals surface area (Å²) >= 11 is 0. The van der Waals surface area contributed by atoms with E-state index in [-0.39, 0.29) is 23.6 Å². The maximum Gasteiger partial charge on any atom is 0.250 e. The summed E-state index contributed by atoms with van der Waals surface area (Å²) in [5, 5.41) is 0. The van der Waals surface area contributed by atoms with Gasteiger partial charge in [0.25, 0.3) is 5.56 Å². The topological polar surface area (TPSA) is 51.5 Å². The van der Waals surface area contributed by atoms with Crippen molar-refractivity contribution in [1.82, 2.24) is 9.47 Å². The molecule has 1 amide bonds. The highest BCUT2D eigenvalue weighted by atomic mass is 16.5. The normalized spacial score (nSPS) is 19.8. The molecule has 5 heteroatoms. The van der Waals surface area contributed by atoms with E-state index in [0.29, 0.717) is 19.7 Å². The first-order chi connectivity index (χ1) is 12.1. The Morgan fingerprint density at radius 3 is 2.68 bits per heavy atom. The van der Waals surface area contributed by atoms with Crippen LogP contribution in [-0.2, 0) is 16.1 Å². The molecule has 2 heterocycles. The molecular weight excluding hydrogens is 316 g/mol. The number of nitrogens with zero attached hydrogens (tertiary/aromatic N) is 2. The summed E-state index contributed by atoms with van der Waals surface area (Å²) in [5.74, 6) is -0.143. The van der Waals surface area contributed by atoms with Crippen LogP contribution in [0.1, 0.15) is 17.2 Å². The molecule has 0 radical (unpaired) electrons. The fourth-order valence-corrected chi connectivity index (χ4v) is 3.10. The van der Waals surface area contributed by atoms with Crippen LogP contribution in [0, 0.1) is 6.92 Å². The fraction of sp³-hybridized carbons (Fsp3) is 0.300. The van der Waals surface area contributed by atoms with Crippen molar-refractivity contribution >= 4 is 5.91 Å². The van der Waals surface area contributed by atoms with E-state index in [0.717, 1.165) is 5.56 Å². The first-order valence-corrected chi connectivity index (χ1v) is 8.34. The van der Waals surface area contributed by atoms with Crippen LogP contribution in [-0.4, -0.2) is 34.6 Å². The third-order valence-electron chi connectivity index (χ3n) is 4.52. The zero-order valence-electron chi connectivity index (χ0n) is 14.3. The standard InChI is InChI=1S/C20H22N2O3/c1-3-19(23)21-12-17(22-11-5-4-6-20(22)24)18(13-21)25-14-16-9-7-15(2)8-10-16/h3-11,17-18H,1,12-14H2,2H3/t17-,18-/m1/s1. The molecule has 5 nitrogen and oxygen atoms in total. The predicted molar refractivity (Wildman–Crippen MR) is 96.3 cm³/mol. The minimum atomic E-state index is -0.245. The number of rotatable bonds is 5. The lowest BCUT2D eigenvalue weighted by molar-refractivity contribution is -0.125. The van der Waals surface area contributed by atoms with Gasteiger partial charge in [0.2, 0.25) is 5.91 Å². The summed E-state index contributed by atoms with van der Waals surface area (Å²) in [6.07, 6.45) is 2.80. The van der Waals surface area contributed by atoms with Crippen LogP contribution >= 0.6 is 0 Å². The van der Waals surface area contributed by atoms with Crippen molar-refractivity contribution in [3.8, 4) is 0 Å². The Morgan fingerprint density at radius 1 is 1.24 bits per heavy atom. The molecule has 1 saturated heterocycles. The lowest BCUT2D eigenvalue weighted by atomic mass is 10.1. The van der Waals surface area contributed by atoms with Gasteiger partial charge in [0.1, 0.15) is 0 Å². The SMILES string of the molecule is C=CC(=O)N1C[C@@H](n2ccccc2=O)[C@H](OCc2ccc(C)cc2)C1. The molecule has 1 aliphatic rings. The summed E-state index contributed by atoms with van der Waals surface area (Å²) in [7, 11) is 0. The van der Waals surface area contributed by atoms with E-state index < -0.39 is 0 Å². The van der Waals surface area contributed by atoms with Crippen LogP contribution in [0.2, 0.25) is 0 Å². The van der Waals surface area contributed by atoms with Gasteiger partial charge in [0.15, 0.2) is 0 Å². The van der Waals surface area contributed by atoms with Gasteiger partial charge in [-0.1, -0.05) is 42.5 Å². The highest BCUT2D eigenvalue weighted by Gasteiger charge is 2.36. The highest BCUT2D eigenvalue weighted by Crippen LogP contribution is 2.25. The average molecular weight is 338 g/mol. The average Bonchev–Trinajstić information content (AvgIpc) is 3.05. The molecule has 1 fully saturated rings. The third-order valence-corrected chi connectivity index (χ3v) is 4.52. The van der Waals surface area contributed by atoms with Crippen LogP contribution < -0.4 is 5.56 Å². The quantitative estimate of drug-likeness (QED) is 0.786. The summed E-state index contributed by atoms with van der Waals surface area (Å²) in [6.45, 7) is 6.92. The van der Waals surface area contributed by atoms with E-state index in [1.54, 1.807) is 21.7 Å². The largest absolute Gasteiger partial charge is 0.369 e. The zero-order chi connectivity index (χ0) is 17.8. The van der Waals surface area contributed by atoms with Crippen LogP contribution in [0.25, 0.3) is 0 Å². The van der Waals surface area contributed by atoms with Crippen molar-refractivity contribution < 1.29 is 9.53 Å². The van der Waals surface area contributed by atoms with E-state index in [9.17, 15) is 9.59 Å². The second-order valence-electron chi connectivity index (χ2n) is 6.30. The van der Waals surface area contributed by atoms with Gasteiger partial charge in [0, 0.05) is 25.4 Å². The third kappa shape index (κ3) is 3.88. The summed E-state index contributed by atoms with van der Waals surface area (Å²) in [4.78, 5) is 25.9. The molecule has 1 aromatic carbocycles. The van der Waals surface area contributed by atoms with Gasteiger partial charge in [-0.25, -0.2) is 0 Å². The maximum atomic E-state index is 12.2. The number of ether oxygens (including phenoxy) is 1. The van der Waals surface area contributed by atoms with Crippen LogP contribution in [0.4, 0.5) is 0 Å². The molecule has 0 N–H and O–H groups in total. The second kappa shape index (κ2) is 7.49. The Balaban J connectivity index is 1.79. The molecule has 0 saturated carbocycles. The molecule has 2 aromatic rings. The van der Waals surface area contributed by atoms with E-state index >= 15 is 0 Å². The Hall–Kier alpha value is -2.66. The molecule has 25 heavy (non-hydrogen) atoms. The van der Waals surface area contributed by atoms with Gasteiger partial charge in [-0.3, -0.25) is 9.59 Å². The number of carbonyl (C=O) groups is 1. The highest BCUT2D eigenvalue weighted by molar-refractivity contribution is 5.87. The molecule has 1 aromatic heterocycles. The minimum Gasteiger partial charge on any atom is -0.369 e. The smallest absolute Gasteiger partial charge is 0.250 e. The first kappa shape index (κ1) is 17.2. The van der Waals surface area contributed by atoms with Crippen molar-refractivity contribution in [2.45, 2.75) is 25.7 Å². The molecule has 130 valence electrons. The van der Waals surface area contributed by atoms with Crippen molar-refractivity contribution in [2.24, 2.45) is 0 Å². The molecule has 0 spiro atoms. The number of aryl methyl sites for hydroxylation is 1. The zero-order valence-corrected chi connectivity index (χ0v) is 14.3. The Labute approximate surface area is 147 Å². The number of aromatic nitrogens is 1. The Kier molecular flexibility index (Phi) is 5.14. The van der Waals surface area contributed by atoms with E-state index in [1.807, 2.05) is 37.3 Å². The van der Waals surface area contributed by atoms with Gasteiger partial charge >= 0.3 is 0 Å². The van der Waals surface area contributed by atoms with Gasteiger partial charge in [-0.2, -0.15) is 0 Å². The summed E-state index contributed by atoms with van der Waals surface area (Å²) in [6, 6.07) is 13.0. The summed E-state index contributed by atoms with van der Waals surface area (Å²) in [5.41, 5.74) is 2.17. The van der Waals surface area contributed by atoms with Gasteiger partial charge in [-0.05, 0) is 24.6 Å². The monoisotopic (exact) mass is 338 g/mol. The Morgan fingerprint density at radius 2 is 2.00 bits per heavy atom. The maximum absolute atomic E-state index is 12.2. The first-order valence-electron chi connectivity index (χ1n) is 8.34. The van der Waals surface area contributed by atoms with Gasteiger partial charge in [-0.15, -0.1) is 0 Å². The number of amides is 1. The number of pyridine rings is 1. The molecule has 0 unspecified atom stereocenters. The molecule has 3 rings (SSSR count). The molecule has 0 bridgehead atoms. The number of hydrogen-bond acceptors (Lipinski definition) is 3. The fourth-order valence-electron chi connectivity index (χ4n) is 3.10. The minimum absolute atomic E-state index is 0.0932. The van der Waals surface area contributed by atoms with Gasteiger partial charge < -0.3 is 14.2 Å². The van der Waals surface area contributed by atoms with Crippen molar-refractivity contribution in [3.63, 3.8) is 0 Å². The van der Waals surface area contributed by atoms with Crippen LogP contribution in [0.15, 0.2) is 66.1 Å². The van der Waals surface area contributed by atoms with Crippen molar-refractivity contribution in [3.05, 3.63) is 82.8 Å². The number of likely N-dealkylation sites (tertiary alicyclic amines) is 1. The summed E-state index contributed by atoms with van der Waals surface area (Å²) < 4.78 is 7.74. The van der Waals surface area contributed by atoms with E-state index in [1.165, 1.54) is 17.7 Å². The van der Waals surface area contributed by atoms with Crippen molar-refractivity contribution in [2.75, 3.05) is 13.1 Å². The molecule has 2 atom stereocenters. The lowest BCUT2D eigenvalue weighted by Gasteiger charge is -2.21. The lowest BCUT2D eigenvalue weighted by Crippen LogP contribution is -2.32. The number of carbonyl (C=O) groups excluding carboxylic acids is 1. The van der Waals surface area contributed by atoms with Gasteiger partial charge in [0.05, 0.1) is 18.8 Å². The number of benzene rings is 1. The second-order valence-corrected chi connectivity index (χ2v) is 6.30. The molecule has 0 aliphatic carbocycles. The van der Waals surface area contributed by atoms with E-state index in [2.05, 4.69) is 6.58 Å².